The van der Waals surface area contributed by atoms with Crippen molar-refractivity contribution >= 4 is 47.0 Å². The molecule has 0 bridgehead atoms. The van der Waals surface area contributed by atoms with Gasteiger partial charge in [0.25, 0.3) is 0 Å². The minimum atomic E-state index is -1.11. The van der Waals surface area contributed by atoms with Crippen molar-refractivity contribution in [3.05, 3.63) is 24.5 Å². The minimum Gasteiger partial charge on any atom is -0.489 e. The number of nitrogens with zero attached hydrogens (tertiary/aromatic N) is 3. The number of ether oxygens (including phenoxy) is 5. The van der Waals surface area contributed by atoms with E-state index >= 15 is 0 Å². The molecule has 0 aliphatic heterocycles. The van der Waals surface area contributed by atoms with E-state index in [1.807, 2.05) is 0 Å². The zero-order chi connectivity index (χ0) is 38.8. The number of hydrogen-bond acceptors (Lipinski definition) is 11. The highest BCUT2D eigenvalue weighted by atomic mass is 16.6. The molecule has 16 heteroatoms. The van der Waals surface area contributed by atoms with Gasteiger partial charge in [-0.1, -0.05) is 0 Å². The Morgan fingerprint density at radius 2 is 1.23 bits per heavy atom. The second-order valence-electron chi connectivity index (χ2n) is 14.9. The van der Waals surface area contributed by atoms with Crippen molar-refractivity contribution in [2.45, 2.75) is 104 Å². The van der Waals surface area contributed by atoms with E-state index in [1.54, 1.807) is 61.8 Å². The summed E-state index contributed by atoms with van der Waals surface area (Å²) in [6.45, 7) is 14.4. The Balaban J connectivity index is 0.000000280. The van der Waals surface area contributed by atoms with Gasteiger partial charge in [0.15, 0.2) is 11.5 Å². The second kappa shape index (κ2) is 18.2. The van der Waals surface area contributed by atoms with Crippen molar-refractivity contribution in [1.82, 2.24) is 9.97 Å². The summed E-state index contributed by atoms with van der Waals surface area (Å²) in [4.78, 5) is 56.0. The van der Waals surface area contributed by atoms with Crippen LogP contribution < -0.4 is 30.3 Å². The van der Waals surface area contributed by atoms with Crippen LogP contribution in [0, 0.1) is 11.8 Å². The Bertz CT molecular complexity index is 1540. The third-order valence-corrected chi connectivity index (χ3v) is 8.06. The Labute approximate surface area is 305 Å². The van der Waals surface area contributed by atoms with E-state index < -0.39 is 23.3 Å². The molecule has 16 nitrogen and oxygen atoms in total. The van der Waals surface area contributed by atoms with E-state index in [1.165, 1.54) is 37.2 Å². The van der Waals surface area contributed by atoms with Gasteiger partial charge >= 0.3 is 12.2 Å². The molecule has 0 aromatic carbocycles. The van der Waals surface area contributed by atoms with E-state index in [0.29, 0.717) is 59.8 Å². The molecule has 0 saturated heterocycles. The first-order valence-electron chi connectivity index (χ1n) is 17.2. The molecule has 4 amide bonds. The normalized spacial score (nSPS) is 19.3. The second-order valence-corrected chi connectivity index (χ2v) is 14.9. The maximum atomic E-state index is 12.1. The van der Waals surface area contributed by atoms with Crippen LogP contribution >= 0.6 is 0 Å². The number of amides is 4. The minimum absolute atomic E-state index is 0.255. The third-order valence-electron chi connectivity index (χ3n) is 8.06. The molecule has 2 saturated carbocycles. The van der Waals surface area contributed by atoms with Crippen LogP contribution in [0.3, 0.4) is 0 Å². The highest BCUT2D eigenvalue weighted by Crippen LogP contribution is 2.37. The molecule has 0 unspecified atom stereocenters. The first-order chi connectivity index (χ1) is 24.3. The van der Waals surface area contributed by atoms with Crippen molar-refractivity contribution < 1.29 is 48.0 Å². The molecule has 2 aromatic rings. The van der Waals surface area contributed by atoms with Crippen molar-refractivity contribution in [3.63, 3.8) is 0 Å². The number of anilines is 4. The number of hydrogen-bond donors (Lipinski definition) is 4. The number of carbonyl (C=O) groups excluding carboxylic acids is 3. The maximum Gasteiger partial charge on any atom is 0.412 e. The van der Waals surface area contributed by atoms with Gasteiger partial charge < -0.3 is 39.4 Å². The average molecular weight is 731 g/mol. The predicted octanol–water partition coefficient (Wildman–Crippen LogP) is 6.32. The molecule has 2 aliphatic rings. The smallest absolute Gasteiger partial charge is 0.412 e. The van der Waals surface area contributed by atoms with Crippen LogP contribution in [0.25, 0.3) is 0 Å². The number of carbonyl (C=O) groups is 4. The fourth-order valence-corrected chi connectivity index (χ4v) is 5.46. The van der Waals surface area contributed by atoms with E-state index in [9.17, 15) is 24.3 Å². The Kier molecular flexibility index (Phi) is 14.6. The fourth-order valence-electron chi connectivity index (χ4n) is 5.46. The summed E-state index contributed by atoms with van der Waals surface area (Å²) in [5, 5.41) is 17.5. The number of rotatable bonds is 12. The van der Waals surface area contributed by atoms with E-state index in [0.717, 1.165) is 25.7 Å². The van der Waals surface area contributed by atoms with Crippen molar-refractivity contribution in [3.8, 4) is 11.5 Å². The topological polar surface area (TPSA) is 200 Å². The number of carboxylic acid groups (broad SMARTS) is 1. The molecule has 0 radical (unpaired) electrons. The molecule has 2 aromatic heterocycles. The van der Waals surface area contributed by atoms with Crippen LogP contribution in [0.5, 0.6) is 11.5 Å². The summed E-state index contributed by atoms with van der Waals surface area (Å²) in [6.07, 6.45) is 5.52. The number of aromatic nitrogens is 2. The zero-order valence-corrected chi connectivity index (χ0v) is 31.8. The Morgan fingerprint density at radius 3 is 1.65 bits per heavy atom. The summed E-state index contributed by atoms with van der Waals surface area (Å²) >= 11 is 0. The van der Waals surface area contributed by atoms with Crippen LogP contribution in [-0.4, -0.2) is 89.9 Å². The quantitative estimate of drug-likeness (QED) is 0.190. The van der Waals surface area contributed by atoms with Gasteiger partial charge in [-0.3, -0.25) is 19.8 Å². The number of pyridine rings is 2. The molecule has 2 aliphatic carbocycles. The van der Waals surface area contributed by atoms with Gasteiger partial charge in [0, 0.05) is 45.7 Å². The lowest BCUT2D eigenvalue weighted by Gasteiger charge is -2.36. The van der Waals surface area contributed by atoms with Gasteiger partial charge in [0.05, 0.1) is 49.2 Å². The standard InChI is InChI=1S/2C18H27N3O5/c1-11(22)20-16-8-14(21-17(23)26-18(2,3)4)15(9-19-16)25-10-12-6-13(7-12)24-5;1-11(22)20-16-8-14(21(17(23)24)18(2,3)4)15(9-19-16)26-10-12-6-13(7-12)25-5/h8-9,12-13H,6-7,10H2,1-5H3,(H2,19,20,21,22,23);8-9,12-13H,6-7,10H2,1-5H3,(H,23,24)(H,19,20,22). The lowest BCUT2D eigenvalue weighted by molar-refractivity contribution is -0.115. The largest absolute Gasteiger partial charge is 0.489 e. The van der Waals surface area contributed by atoms with E-state index in [2.05, 4.69) is 25.9 Å². The number of nitrogens with one attached hydrogen (secondary N) is 3. The van der Waals surface area contributed by atoms with Crippen LogP contribution in [0.15, 0.2) is 24.5 Å². The van der Waals surface area contributed by atoms with Crippen molar-refractivity contribution in [1.29, 1.82) is 0 Å². The third kappa shape index (κ3) is 13.1. The lowest BCUT2D eigenvalue weighted by Crippen LogP contribution is -2.45. The first-order valence-corrected chi connectivity index (χ1v) is 17.2. The lowest BCUT2D eigenvalue weighted by atomic mass is 9.83. The molecule has 52 heavy (non-hydrogen) atoms. The molecular formula is C36H54N6O10. The van der Waals surface area contributed by atoms with Gasteiger partial charge in [0.1, 0.15) is 17.2 Å². The van der Waals surface area contributed by atoms with Crippen molar-refractivity contribution in [2.75, 3.05) is 48.3 Å². The van der Waals surface area contributed by atoms with Gasteiger partial charge in [0.2, 0.25) is 11.8 Å². The SMILES string of the molecule is COC1CC(COc2cnc(NC(C)=O)cc2N(C(=O)O)C(C)(C)C)C1.COC1CC(COc2cnc(NC(C)=O)cc2NC(=O)OC(C)(C)C)C1. The molecule has 2 fully saturated rings. The highest BCUT2D eigenvalue weighted by molar-refractivity contribution is 5.93. The fraction of sp³-hybridized carbons (Fsp3) is 0.611. The Morgan fingerprint density at radius 1 is 0.769 bits per heavy atom. The average Bonchev–Trinajstić information content (AvgIpc) is 2.95. The van der Waals surface area contributed by atoms with Gasteiger partial charge in [-0.2, -0.15) is 0 Å². The van der Waals surface area contributed by atoms with Gasteiger partial charge in [-0.25, -0.2) is 19.6 Å². The molecule has 4 N–H and O–H groups in total. The van der Waals surface area contributed by atoms with Crippen LogP contribution in [0.2, 0.25) is 0 Å². The van der Waals surface area contributed by atoms with Crippen LogP contribution in [0.1, 0.15) is 81.1 Å². The van der Waals surface area contributed by atoms with Crippen LogP contribution in [0.4, 0.5) is 32.6 Å². The summed E-state index contributed by atoms with van der Waals surface area (Å²) in [7, 11) is 3.40. The summed E-state index contributed by atoms with van der Waals surface area (Å²) in [5.74, 6) is 1.63. The number of methoxy groups -OCH3 is 2. The Hall–Kier alpha value is -4.70. The molecule has 0 spiro atoms. The highest BCUT2D eigenvalue weighted by Gasteiger charge is 2.33. The monoisotopic (exact) mass is 730 g/mol. The molecule has 0 atom stereocenters. The summed E-state index contributed by atoms with van der Waals surface area (Å²) < 4.78 is 27.5. The molecule has 2 heterocycles. The predicted molar refractivity (Wildman–Crippen MR) is 195 cm³/mol. The van der Waals surface area contributed by atoms with Gasteiger partial charge in [-0.05, 0) is 79.1 Å². The summed E-state index contributed by atoms with van der Waals surface area (Å²) in [5.41, 5.74) is -0.581. The zero-order valence-electron chi connectivity index (χ0n) is 31.8. The van der Waals surface area contributed by atoms with E-state index in [4.69, 9.17) is 23.7 Å². The van der Waals surface area contributed by atoms with Crippen LogP contribution in [-0.2, 0) is 23.8 Å². The van der Waals surface area contributed by atoms with Gasteiger partial charge in [-0.15, -0.1) is 0 Å². The first kappa shape index (κ1) is 41.7. The maximum absolute atomic E-state index is 12.1. The molecule has 288 valence electrons. The van der Waals surface area contributed by atoms with E-state index in [-0.39, 0.29) is 23.7 Å². The van der Waals surface area contributed by atoms with Crippen molar-refractivity contribution in [2.24, 2.45) is 11.8 Å². The molecular weight excluding hydrogens is 676 g/mol. The summed E-state index contributed by atoms with van der Waals surface area (Å²) in [6, 6.07) is 3.06. The molecule has 4 rings (SSSR count).